The van der Waals surface area contributed by atoms with Gasteiger partial charge in [0.05, 0.1) is 0 Å². The largest absolute Gasteiger partial charge is 0.356 e. The summed E-state index contributed by atoms with van der Waals surface area (Å²) >= 11 is 6.78. The molecule has 0 fully saturated rings. The molecule has 1 N–H and O–H groups in total. The third-order valence-corrected chi connectivity index (χ3v) is 13.3. The summed E-state index contributed by atoms with van der Waals surface area (Å²) in [6.45, 7) is 0. The van der Waals surface area contributed by atoms with Gasteiger partial charge in [-0.2, -0.15) is 0 Å². The molecule has 73 heavy (non-hydrogen) atoms. The molecule has 0 amide bonds. The number of rotatable bonds is 8. The van der Waals surface area contributed by atoms with Crippen molar-refractivity contribution in [1.82, 2.24) is 0 Å². The third kappa shape index (κ3) is 10.4. The lowest BCUT2D eigenvalue weighted by Gasteiger charge is -2.29. The van der Waals surface area contributed by atoms with Crippen molar-refractivity contribution < 1.29 is 19.2 Å². The normalized spacial score (nSPS) is 11.8. The molecule has 0 spiro atoms. The molecule has 0 saturated heterocycles. The summed E-state index contributed by atoms with van der Waals surface area (Å²) < 4.78 is 1.77. The summed E-state index contributed by atoms with van der Waals surface area (Å²) in [5.74, 6) is -1.84. The van der Waals surface area contributed by atoms with Crippen LogP contribution in [0.15, 0.2) is 264 Å². The van der Waals surface area contributed by atoms with Crippen molar-refractivity contribution in [3.05, 3.63) is 286 Å². The minimum Gasteiger partial charge on any atom is -0.356 e. The van der Waals surface area contributed by atoms with Gasteiger partial charge in [0, 0.05) is 76.7 Å². The first-order valence-corrected chi connectivity index (χ1v) is 25.0. The van der Waals surface area contributed by atoms with Crippen LogP contribution in [0, 0.1) is 0 Å². The van der Waals surface area contributed by atoms with Crippen LogP contribution in [-0.2, 0) is 0 Å². The van der Waals surface area contributed by atoms with Gasteiger partial charge in [-0.05, 0) is 168 Å². The van der Waals surface area contributed by atoms with Gasteiger partial charge in [-0.1, -0.05) is 141 Å². The minimum atomic E-state index is -0.481. The molecule has 0 aliphatic heterocycles. The van der Waals surface area contributed by atoms with Crippen LogP contribution in [-0.4, -0.2) is 23.1 Å². The van der Waals surface area contributed by atoms with Gasteiger partial charge in [0.15, 0.2) is 0 Å². The highest BCUT2D eigenvalue weighted by Gasteiger charge is 2.33. The van der Waals surface area contributed by atoms with Gasteiger partial charge < -0.3 is 15.1 Å². The van der Waals surface area contributed by atoms with Crippen LogP contribution in [0.5, 0.6) is 0 Å². The SMILES string of the molecule is O=C1C(=O)c2ccc(Br)cc2-c2cc(Br)ccc21.O=C1C(=O)c2ccc(N(c3ccccc3)c3ccccc3)cc2-c2cc(N(c3ccccc3)c3ccccc3)ccc21.c1ccc(Nc2ccccc2)cc1. The second kappa shape index (κ2) is 21.7. The first-order chi connectivity index (χ1) is 35.7. The monoisotopic (exact) mass is 1080 g/mol. The molecule has 0 aromatic heterocycles. The summed E-state index contributed by atoms with van der Waals surface area (Å²) in [7, 11) is 0. The van der Waals surface area contributed by atoms with Gasteiger partial charge in [0.25, 0.3) is 0 Å². The molecule has 10 aromatic carbocycles. The molecule has 0 radical (unpaired) electrons. The van der Waals surface area contributed by atoms with Crippen molar-refractivity contribution in [2.24, 2.45) is 0 Å². The maximum atomic E-state index is 13.3. The van der Waals surface area contributed by atoms with E-state index in [1.54, 1.807) is 36.4 Å². The zero-order valence-corrected chi connectivity index (χ0v) is 42.2. The van der Waals surface area contributed by atoms with E-state index in [1.807, 2.05) is 170 Å². The van der Waals surface area contributed by atoms with Gasteiger partial charge in [-0.3, -0.25) is 19.2 Å². The quantitative estimate of drug-likeness (QED) is 0.152. The fraction of sp³-hybridized carbons (Fsp3) is 0. The maximum Gasteiger partial charge on any atom is 0.234 e. The molecule has 9 heteroatoms. The van der Waals surface area contributed by atoms with E-state index in [1.165, 1.54) is 0 Å². The summed E-state index contributed by atoms with van der Waals surface area (Å²) in [5, 5.41) is 3.30. The predicted molar refractivity (Wildman–Crippen MR) is 302 cm³/mol. The molecule has 0 unspecified atom stereocenters. The smallest absolute Gasteiger partial charge is 0.234 e. The van der Waals surface area contributed by atoms with Crippen LogP contribution in [0.3, 0.4) is 0 Å². The van der Waals surface area contributed by atoms with Crippen LogP contribution in [0.2, 0.25) is 0 Å². The number of hydrogen-bond donors (Lipinski definition) is 1. The second-order valence-electron chi connectivity index (χ2n) is 17.0. The van der Waals surface area contributed by atoms with E-state index in [2.05, 4.69) is 95.5 Å². The fourth-order valence-corrected chi connectivity index (χ4v) is 9.68. The molecule has 352 valence electrons. The van der Waals surface area contributed by atoms with Gasteiger partial charge in [-0.25, -0.2) is 0 Å². The van der Waals surface area contributed by atoms with E-state index in [9.17, 15) is 19.2 Å². The average molecular weight is 1080 g/mol. The number of anilines is 8. The van der Waals surface area contributed by atoms with Crippen molar-refractivity contribution in [2.45, 2.75) is 0 Å². The summed E-state index contributed by atoms with van der Waals surface area (Å²) in [4.78, 5) is 54.9. The molecule has 10 aromatic rings. The van der Waals surface area contributed by atoms with E-state index in [0.29, 0.717) is 22.3 Å². The number of nitrogens with zero attached hydrogens (tertiary/aromatic N) is 2. The molecule has 2 aliphatic rings. The van der Waals surface area contributed by atoms with Gasteiger partial charge >= 0.3 is 0 Å². The number of ketones is 4. The number of hydrogen-bond acceptors (Lipinski definition) is 7. The van der Waals surface area contributed by atoms with E-state index in [4.69, 9.17) is 0 Å². The van der Waals surface area contributed by atoms with E-state index in [-0.39, 0.29) is 0 Å². The second-order valence-corrected chi connectivity index (χ2v) is 18.9. The number of fused-ring (bicyclic) bond motifs is 6. The Hall–Kier alpha value is -8.76. The summed E-state index contributed by atoms with van der Waals surface area (Å²) in [6.07, 6.45) is 0. The molecule has 12 rings (SSSR count). The van der Waals surface area contributed by atoms with E-state index >= 15 is 0 Å². The number of Topliss-reactive ketones (excluding diaryl/α,β-unsaturated/α-hetero) is 4. The summed E-state index contributed by atoms with van der Waals surface area (Å²) in [5.41, 5.74) is 12.9. The van der Waals surface area contributed by atoms with E-state index < -0.39 is 23.1 Å². The van der Waals surface area contributed by atoms with Crippen molar-refractivity contribution >= 4 is 100 Å². The summed E-state index contributed by atoms with van der Waals surface area (Å²) in [6, 6.07) is 82.9. The minimum absolute atomic E-state index is 0.417. The van der Waals surface area contributed by atoms with Crippen LogP contribution in [0.4, 0.5) is 45.5 Å². The number of benzene rings is 10. The molecular weight excluding hydrogens is 1030 g/mol. The van der Waals surface area contributed by atoms with E-state index in [0.717, 1.165) is 76.7 Å². The number of carbonyl (C=O) groups is 4. The molecule has 0 atom stereocenters. The molecule has 7 nitrogen and oxygen atoms in total. The highest BCUT2D eigenvalue weighted by atomic mass is 79.9. The lowest BCUT2D eigenvalue weighted by atomic mass is 9.83. The van der Waals surface area contributed by atoms with Crippen molar-refractivity contribution in [2.75, 3.05) is 15.1 Å². The Morgan fingerprint density at radius 1 is 0.247 bits per heavy atom. The number of nitrogens with one attached hydrogen (secondary N) is 1. The topological polar surface area (TPSA) is 86.8 Å². The predicted octanol–water partition coefficient (Wildman–Crippen LogP) is 17.4. The third-order valence-electron chi connectivity index (χ3n) is 12.4. The van der Waals surface area contributed by atoms with Crippen molar-refractivity contribution in [3.63, 3.8) is 0 Å². The Kier molecular flexibility index (Phi) is 14.2. The fourth-order valence-electron chi connectivity index (χ4n) is 8.96. The van der Waals surface area contributed by atoms with Crippen LogP contribution >= 0.6 is 31.9 Å². The Labute approximate surface area is 440 Å². The Bertz CT molecular complexity index is 3320. The zero-order valence-electron chi connectivity index (χ0n) is 39.0. The van der Waals surface area contributed by atoms with Gasteiger partial charge in [0.2, 0.25) is 23.1 Å². The first-order valence-electron chi connectivity index (χ1n) is 23.5. The van der Waals surface area contributed by atoms with Crippen molar-refractivity contribution in [1.29, 1.82) is 0 Å². The van der Waals surface area contributed by atoms with Crippen molar-refractivity contribution in [3.8, 4) is 22.3 Å². The molecule has 0 saturated carbocycles. The Morgan fingerprint density at radius 2 is 0.493 bits per heavy atom. The molecule has 2 aliphatic carbocycles. The lowest BCUT2D eigenvalue weighted by Crippen LogP contribution is -2.22. The number of halogens is 2. The lowest BCUT2D eigenvalue weighted by molar-refractivity contribution is 0.0815. The Balaban J connectivity index is 0.000000160. The highest BCUT2D eigenvalue weighted by molar-refractivity contribution is 9.10. The standard InChI is InChI=1S/C38H26N2O2.C14H6Br2O2.C12H11N/c41-37-33-23-21-31(39(27-13-5-1-6-14-27)28-15-7-2-8-16-28)25-35(33)36-26-32(22-24-34(36)38(37)42)40(29-17-9-3-10-18-29)30-19-11-4-12-20-30;15-7-1-3-9-11(5-7)12-6-8(16)2-4-10(12)14(18)13(9)17;1-3-7-11(8-4-1)13-12-9-5-2-6-10-12/h1-26H;1-6H;1-10,13H. The molecule has 0 bridgehead atoms. The van der Waals surface area contributed by atoms with Gasteiger partial charge in [-0.15, -0.1) is 0 Å². The highest BCUT2D eigenvalue weighted by Crippen LogP contribution is 2.44. The van der Waals surface area contributed by atoms with Gasteiger partial charge in [0.1, 0.15) is 0 Å². The zero-order chi connectivity index (χ0) is 50.3. The maximum absolute atomic E-state index is 13.3. The first kappa shape index (κ1) is 47.9. The molecular formula is C64H43Br2N3O4. The number of carbonyl (C=O) groups excluding carboxylic acids is 4. The number of para-hydroxylation sites is 6. The Morgan fingerprint density at radius 3 is 0.781 bits per heavy atom. The average Bonchev–Trinajstić information content (AvgIpc) is 3.44. The van der Waals surface area contributed by atoms with Crippen LogP contribution in [0.1, 0.15) is 41.4 Å². The molecule has 0 heterocycles. The van der Waals surface area contributed by atoms with Crippen LogP contribution < -0.4 is 15.1 Å². The van der Waals surface area contributed by atoms with Crippen LogP contribution in [0.25, 0.3) is 22.3 Å².